The van der Waals surface area contributed by atoms with Gasteiger partial charge in [-0.05, 0) is 66.8 Å². The van der Waals surface area contributed by atoms with E-state index < -0.39 is 5.91 Å². The van der Waals surface area contributed by atoms with Crippen LogP contribution in [0, 0.1) is 5.82 Å². The fourth-order valence-corrected chi connectivity index (χ4v) is 3.33. The number of aromatic nitrogens is 1. The van der Waals surface area contributed by atoms with E-state index in [1.807, 2.05) is 0 Å². The molecule has 4 rings (SSSR count). The summed E-state index contributed by atoms with van der Waals surface area (Å²) < 4.78 is 29.4. The van der Waals surface area contributed by atoms with Crippen LogP contribution in [0.3, 0.4) is 0 Å². The van der Waals surface area contributed by atoms with E-state index in [4.69, 9.17) is 26.1 Å². The van der Waals surface area contributed by atoms with E-state index in [1.54, 1.807) is 48.5 Å². The molecule has 9 heteroatoms. The minimum absolute atomic E-state index is 0.0876. The van der Waals surface area contributed by atoms with Crippen LogP contribution >= 0.6 is 12.2 Å². The van der Waals surface area contributed by atoms with Gasteiger partial charge in [0.25, 0.3) is 5.91 Å². The van der Waals surface area contributed by atoms with Gasteiger partial charge in [-0.25, -0.2) is 9.37 Å². The summed E-state index contributed by atoms with van der Waals surface area (Å²) in [5, 5.41) is 5.66. The molecule has 0 aliphatic rings. The van der Waals surface area contributed by atoms with Gasteiger partial charge in [0.1, 0.15) is 28.4 Å². The van der Waals surface area contributed by atoms with Crippen molar-refractivity contribution in [2.45, 2.75) is 0 Å². The molecule has 4 aromatic rings. The lowest BCUT2D eigenvalue weighted by atomic mass is 10.1. The van der Waals surface area contributed by atoms with Crippen LogP contribution in [0.5, 0.6) is 11.5 Å². The van der Waals surface area contributed by atoms with Crippen LogP contribution in [0.1, 0.15) is 10.4 Å². The van der Waals surface area contributed by atoms with E-state index in [9.17, 15) is 9.18 Å². The highest BCUT2D eigenvalue weighted by Gasteiger charge is 2.19. The zero-order valence-corrected chi connectivity index (χ0v) is 18.0. The molecule has 0 atom stereocenters. The fourth-order valence-electron chi connectivity index (χ4n) is 3.12. The van der Waals surface area contributed by atoms with Crippen molar-refractivity contribution in [1.29, 1.82) is 0 Å². The Hall–Kier alpha value is -3.98. The molecule has 162 valence electrons. The van der Waals surface area contributed by atoms with E-state index in [2.05, 4.69) is 15.6 Å². The Kier molecular flexibility index (Phi) is 6.00. The summed E-state index contributed by atoms with van der Waals surface area (Å²) >= 11 is 5.28. The zero-order valence-electron chi connectivity index (χ0n) is 17.1. The fraction of sp³-hybridized carbons (Fsp3) is 0.0870. The first-order valence-electron chi connectivity index (χ1n) is 9.48. The highest BCUT2D eigenvalue weighted by molar-refractivity contribution is 7.80. The average Bonchev–Trinajstić information content (AvgIpc) is 3.22. The third kappa shape index (κ3) is 4.37. The Morgan fingerprint density at radius 3 is 2.38 bits per heavy atom. The van der Waals surface area contributed by atoms with Crippen molar-refractivity contribution in [3.8, 4) is 23.0 Å². The molecule has 2 N–H and O–H groups in total. The average molecular weight is 451 g/mol. The monoisotopic (exact) mass is 451 g/mol. The Morgan fingerprint density at radius 2 is 1.72 bits per heavy atom. The molecule has 3 aromatic carbocycles. The van der Waals surface area contributed by atoms with E-state index in [-0.39, 0.29) is 16.5 Å². The van der Waals surface area contributed by atoms with Gasteiger partial charge in [0.2, 0.25) is 5.89 Å². The number of hydrogen-bond donors (Lipinski definition) is 2. The van der Waals surface area contributed by atoms with E-state index in [1.165, 1.54) is 26.4 Å². The maximum absolute atomic E-state index is 13.1. The van der Waals surface area contributed by atoms with Crippen molar-refractivity contribution in [3.05, 3.63) is 72.0 Å². The predicted octanol–water partition coefficient (Wildman–Crippen LogP) is 4.78. The smallest absolute Gasteiger partial charge is 0.264 e. The molecule has 1 amide bonds. The number of oxazole rings is 1. The van der Waals surface area contributed by atoms with Crippen molar-refractivity contribution in [2.24, 2.45) is 0 Å². The number of carbonyl (C=O) groups is 1. The molecule has 0 radical (unpaired) electrons. The summed E-state index contributed by atoms with van der Waals surface area (Å²) in [5.74, 6) is 0.288. The maximum Gasteiger partial charge on any atom is 0.264 e. The van der Waals surface area contributed by atoms with Gasteiger partial charge in [-0.2, -0.15) is 0 Å². The van der Waals surface area contributed by atoms with Crippen LogP contribution in [-0.4, -0.2) is 30.2 Å². The van der Waals surface area contributed by atoms with Gasteiger partial charge < -0.3 is 19.2 Å². The standard InChI is InChI=1S/C23H18FN3O4S/c1-29-18-4-3-5-19(30-2)20(18)21(28)27-23(32)25-15-10-11-17-16(12-15)26-22(31-17)13-6-8-14(24)9-7-13/h3-12H,1-2H3,(H2,25,27,28,32). The number of benzene rings is 3. The van der Waals surface area contributed by atoms with E-state index in [0.717, 1.165) is 0 Å². The zero-order chi connectivity index (χ0) is 22.7. The summed E-state index contributed by atoms with van der Waals surface area (Å²) in [4.78, 5) is 17.2. The second-order valence-corrected chi connectivity index (χ2v) is 7.06. The van der Waals surface area contributed by atoms with Crippen molar-refractivity contribution < 1.29 is 23.1 Å². The van der Waals surface area contributed by atoms with Crippen LogP contribution in [-0.2, 0) is 0 Å². The van der Waals surface area contributed by atoms with Gasteiger partial charge in [-0.15, -0.1) is 0 Å². The van der Waals surface area contributed by atoms with Gasteiger partial charge >= 0.3 is 0 Å². The third-order valence-electron chi connectivity index (χ3n) is 4.62. The molecule has 7 nitrogen and oxygen atoms in total. The van der Waals surface area contributed by atoms with Crippen LogP contribution in [0.4, 0.5) is 10.1 Å². The number of nitrogens with zero attached hydrogens (tertiary/aromatic N) is 1. The molecule has 0 aliphatic heterocycles. The summed E-state index contributed by atoms with van der Waals surface area (Å²) in [6, 6.07) is 16.1. The van der Waals surface area contributed by atoms with Crippen LogP contribution in [0.2, 0.25) is 0 Å². The molecule has 0 aliphatic carbocycles. The van der Waals surface area contributed by atoms with Crippen molar-refractivity contribution in [3.63, 3.8) is 0 Å². The Labute approximate surface area is 188 Å². The number of hydrogen-bond acceptors (Lipinski definition) is 6. The lowest BCUT2D eigenvalue weighted by Crippen LogP contribution is -2.34. The number of fused-ring (bicyclic) bond motifs is 1. The molecule has 0 spiro atoms. The van der Waals surface area contributed by atoms with Gasteiger partial charge in [0.05, 0.1) is 14.2 Å². The first-order valence-corrected chi connectivity index (χ1v) is 9.89. The highest BCUT2D eigenvalue weighted by atomic mass is 32.1. The normalized spacial score (nSPS) is 10.6. The number of methoxy groups -OCH3 is 2. The lowest BCUT2D eigenvalue weighted by molar-refractivity contribution is 0.0971. The molecule has 0 unspecified atom stereocenters. The molecule has 0 saturated carbocycles. The highest BCUT2D eigenvalue weighted by Crippen LogP contribution is 2.28. The second-order valence-electron chi connectivity index (χ2n) is 6.65. The van der Waals surface area contributed by atoms with Gasteiger partial charge in [0, 0.05) is 11.3 Å². The molecule has 32 heavy (non-hydrogen) atoms. The van der Waals surface area contributed by atoms with E-state index >= 15 is 0 Å². The molecule has 0 fully saturated rings. The van der Waals surface area contributed by atoms with E-state index in [0.29, 0.717) is 39.7 Å². The number of anilines is 1. The van der Waals surface area contributed by atoms with Crippen molar-refractivity contribution in [1.82, 2.24) is 10.3 Å². The number of carbonyl (C=O) groups excluding carboxylic acids is 1. The molecular weight excluding hydrogens is 433 g/mol. The SMILES string of the molecule is COc1cccc(OC)c1C(=O)NC(=S)Nc1ccc2oc(-c3ccc(F)cc3)nc2c1. The second kappa shape index (κ2) is 9.03. The number of thiocarbonyl (C=S) groups is 1. The van der Waals surface area contributed by atoms with Crippen LogP contribution in [0.15, 0.2) is 65.1 Å². The lowest BCUT2D eigenvalue weighted by Gasteiger charge is -2.14. The molecule has 0 saturated heterocycles. The maximum atomic E-state index is 13.1. The van der Waals surface area contributed by atoms with Crippen molar-refractivity contribution in [2.75, 3.05) is 19.5 Å². The third-order valence-corrected chi connectivity index (χ3v) is 4.82. The molecule has 1 aromatic heterocycles. The number of halogens is 1. The summed E-state index contributed by atoms with van der Waals surface area (Å²) in [5.41, 5.74) is 2.63. The Morgan fingerprint density at radius 1 is 1.03 bits per heavy atom. The largest absolute Gasteiger partial charge is 0.496 e. The number of nitrogens with one attached hydrogen (secondary N) is 2. The molecular formula is C23H18FN3O4S. The molecule has 1 heterocycles. The van der Waals surface area contributed by atoms with Gasteiger partial charge in [-0.1, -0.05) is 6.07 Å². The summed E-state index contributed by atoms with van der Waals surface area (Å²) in [6.45, 7) is 0. The van der Waals surface area contributed by atoms with Gasteiger partial charge in [-0.3, -0.25) is 10.1 Å². The first-order chi connectivity index (χ1) is 15.5. The molecule has 0 bridgehead atoms. The number of rotatable bonds is 5. The number of amides is 1. The number of ether oxygens (including phenoxy) is 2. The Bertz CT molecular complexity index is 1280. The van der Waals surface area contributed by atoms with Crippen LogP contribution in [0.25, 0.3) is 22.6 Å². The predicted molar refractivity (Wildman–Crippen MR) is 123 cm³/mol. The van der Waals surface area contributed by atoms with Crippen LogP contribution < -0.4 is 20.1 Å². The van der Waals surface area contributed by atoms with Gasteiger partial charge in [0.15, 0.2) is 10.7 Å². The minimum Gasteiger partial charge on any atom is -0.496 e. The first kappa shape index (κ1) is 21.3. The van der Waals surface area contributed by atoms with Crippen molar-refractivity contribution >= 4 is 40.0 Å². The topological polar surface area (TPSA) is 85.6 Å². The minimum atomic E-state index is -0.474. The summed E-state index contributed by atoms with van der Waals surface area (Å²) in [7, 11) is 2.94. The Balaban J connectivity index is 1.50. The quantitative estimate of drug-likeness (QED) is 0.423. The summed E-state index contributed by atoms with van der Waals surface area (Å²) in [6.07, 6.45) is 0.